The van der Waals surface area contributed by atoms with Gasteiger partial charge in [0.25, 0.3) is 5.91 Å². The lowest BCUT2D eigenvalue weighted by Gasteiger charge is -2.35. The third-order valence-corrected chi connectivity index (χ3v) is 9.39. The van der Waals surface area contributed by atoms with Gasteiger partial charge in [-0.15, -0.1) is 0 Å². The fourth-order valence-corrected chi connectivity index (χ4v) is 6.41. The first-order valence-electron chi connectivity index (χ1n) is 18.7. The van der Waals surface area contributed by atoms with Gasteiger partial charge in [0.2, 0.25) is 11.8 Å². The quantitative estimate of drug-likeness (QED) is 0.135. The van der Waals surface area contributed by atoms with Gasteiger partial charge >= 0.3 is 12.3 Å². The largest absolute Gasteiger partial charge is 0.444 e. The average molecular weight is 791 g/mol. The number of benzene rings is 3. The maximum Gasteiger partial charge on any atom is 0.416 e. The first-order chi connectivity index (χ1) is 26.9. The van der Waals surface area contributed by atoms with E-state index < -0.39 is 52.9 Å². The lowest BCUT2D eigenvalue weighted by molar-refractivity contribution is -0.137. The first-order valence-corrected chi connectivity index (χ1v) is 18.7. The van der Waals surface area contributed by atoms with Crippen LogP contribution in [0.2, 0.25) is 0 Å². The number of rotatable bonds is 13. The number of amides is 4. The van der Waals surface area contributed by atoms with Crippen LogP contribution in [0, 0.1) is 0 Å². The Kier molecular flexibility index (Phi) is 13.4. The Balaban J connectivity index is 1.30. The third kappa shape index (κ3) is 11.9. The highest BCUT2D eigenvalue weighted by atomic mass is 19.4. The van der Waals surface area contributed by atoms with E-state index in [0.717, 1.165) is 11.6 Å². The highest BCUT2D eigenvalue weighted by Gasteiger charge is 2.36. The molecule has 15 heteroatoms. The fourth-order valence-electron chi connectivity index (χ4n) is 6.41. The molecule has 2 atom stereocenters. The topological polar surface area (TPSA) is 144 Å². The van der Waals surface area contributed by atoms with Gasteiger partial charge in [-0.1, -0.05) is 78.9 Å². The number of carbonyl (C=O) groups excluding carboxylic acids is 4. The normalized spacial score (nSPS) is 15.0. The zero-order valence-electron chi connectivity index (χ0n) is 32.6. The molecule has 0 radical (unpaired) electrons. The minimum Gasteiger partial charge on any atom is -0.444 e. The molecule has 0 spiro atoms. The number of imidazole rings is 1. The lowest BCUT2D eigenvalue weighted by atomic mass is 9.88. The van der Waals surface area contributed by atoms with Crippen molar-refractivity contribution in [2.75, 3.05) is 25.0 Å². The lowest BCUT2D eigenvalue weighted by Crippen LogP contribution is -2.59. The number of nitrogens with one attached hydrogen (secondary N) is 3. The second-order valence-electron chi connectivity index (χ2n) is 15.5. The molecule has 4 amide bonds. The maximum absolute atomic E-state index is 14.2. The molecule has 2 unspecified atom stereocenters. The summed E-state index contributed by atoms with van der Waals surface area (Å²) in [4.78, 5) is 60.0. The third-order valence-electron chi connectivity index (χ3n) is 9.39. The van der Waals surface area contributed by atoms with Crippen LogP contribution in [-0.4, -0.2) is 75.1 Å². The van der Waals surface area contributed by atoms with Crippen LogP contribution in [0.4, 0.5) is 23.8 Å². The van der Waals surface area contributed by atoms with Crippen LogP contribution in [0.5, 0.6) is 0 Å². The number of likely N-dealkylation sites (tertiary alicyclic amines) is 1. The van der Waals surface area contributed by atoms with E-state index in [1.165, 1.54) is 38.5 Å². The smallest absolute Gasteiger partial charge is 0.416 e. The van der Waals surface area contributed by atoms with Crippen LogP contribution in [0.25, 0.3) is 0 Å². The second-order valence-corrected chi connectivity index (χ2v) is 15.5. The van der Waals surface area contributed by atoms with Gasteiger partial charge in [-0.2, -0.15) is 13.2 Å². The Labute approximate surface area is 330 Å². The number of alkyl carbamates (subject to hydrolysis) is 1. The highest BCUT2D eigenvalue weighted by molar-refractivity contribution is 5.98. The molecule has 57 heavy (non-hydrogen) atoms. The number of hydrogen-bond donors (Lipinski definition) is 3. The van der Waals surface area contributed by atoms with E-state index in [1.807, 2.05) is 36.4 Å². The predicted octanol–water partition coefficient (Wildman–Crippen LogP) is 6.84. The summed E-state index contributed by atoms with van der Waals surface area (Å²) in [5.74, 6) is -1.60. The SMILES string of the molecule is CC(C)(C)OC(=O)NC(C)(C)C(=O)NC(COCc1ccccc1)C(=O)Nc1cn(C(C(=O)N2CCC(c3cccc(C(F)(F)F)c3)CC2)c2ccccc2)cn1. The molecule has 2 heterocycles. The Hall–Kier alpha value is -5.70. The van der Waals surface area contributed by atoms with E-state index in [2.05, 4.69) is 20.9 Å². The molecule has 1 fully saturated rings. The summed E-state index contributed by atoms with van der Waals surface area (Å²) in [5, 5.41) is 7.94. The summed E-state index contributed by atoms with van der Waals surface area (Å²) in [6.07, 6.45) is -1.33. The van der Waals surface area contributed by atoms with E-state index in [-0.39, 0.29) is 30.9 Å². The van der Waals surface area contributed by atoms with Gasteiger partial charge in [-0.25, -0.2) is 9.78 Å². The highest BCUT2D eigenvalue weighted by Crippen LogP contribution is 2.35. The Morgan fingerprint density at radius 2 is 1.53 bits per heavy atom. The van der Waals surface area contributed by atoms with Crippen molar-refractivity contribution < 1.29 is 41.8 Å². The van der Waals surface area contributed by atoms with Crippen molar-refractivity contribution in [1.82, 2.24) is 25.1 Å². The number of carbonyl (C=O) groups is 4. The van der Waals surface area contributed by atoms with Crippen molar-refractivity contribution in [2.24, 2.45) is 0 Å². The molecule has 0 aliphatic carbocycles. The van der Waals surface area contributed by atoms with E-state index >= 15 is 0 Å². The van der Waals surface area contributed by atoms with Gasteiger partial charge in [0.15, 0.2) is 5.82 Å². The summed E-state index contributed by atoms with van der Waals surface area (Å²) in [5.41, 5.74) is -0.869. The first kappa shape index (κ1) is 42.4. The van der Waals surface area contributed by atoms with Crippen LogP contribution in [0.1, 0.15) is 81.7 Å². The molecule has 1 aromatic heterocycles. The molecular formula is C42H49F3N6O6. The van der Waals surface area contributed by atoms with Crippen LogP contribution < -0.4 is 16.0 Å². The van der Waals surface area contributed by atoms with Gasteiger partial charge < -0.3 is 34.9 Å². The number of nitrogens with zero attached hydrogens (tertiary/aromatic N) is 3. The van der Waals surface area contributed by atoms with Crippen LogP contribution in [0.15, 0.2) is 97.5 Å². The number of ether oxygens (including phenoxy) is 2. The predicted molar refractivity (Wildman–Crippen MR) is 207 cm³/mol. The summed E-state index contributed by atoms with van der Waals surface area (Å²) >= 11 is 0. The van der Waals surface area contributed by atoms with E-state index in [1.54, 1.807) is 60.6 Å². The number of alkyl halides is 3. The molecule has 12 nitrogen and oxygen atoms in total. The zero-order valence-corrected chi connectivity index (χ0v) is 32.6. The van der Waals surface area contributed by atoms with Crippen LogP contribution in [-0.2, 0) is 36.6 Å². The summed E-state index contributed by atoms with van der Waals surface area (Å²) in [6.45, 7) is 8.64. The van der Waals surface area contributed by atoms with E-state index in [9.17, 15) is 32.3 Å². The molecule has 5 rings (SSSR count). The maximum atomic E-state index is 14.2. The van der Waals surface area contributed by atoms with Crippen LogP contribution >= 0.6 is 0 Å². The summed E-state index contributed by atoms with van der Waals surface area (Å²) < 4.78 is 52.9. The average Bonchev–Trinajstić information content (AvgIpc) is 3.61. The molecule has 304 valence electrons. The molecule has 1 saturated heterocycles. The number of aromatic nitrogens is 2. The van der Waals surface area contributed by atoms with Gasteiger partial charge in [0, 0.05) is 19.3 Å². The number of hydrogen-bond acceptors (Lipinski definition) is 7. The van der Waals surface area contributed by atoms with Gasteiger partial charge in [-0.3, -0.25) is 14.4 Å². The second kappa shape index (κ2) is 18.0. The summed E-state index contributed by atoms with van der Waals surface area (Å²) in [7, 11) is 0. The fraction of sp³-hybridized carbons (Fsp3) is 0.405. The van der Waals surface area contributed by atoms with E-state index in [0.29, 0.717) is 37.1 Å². The molecule has 4 aromatic rings. The Morgan fingerprint density at radius 3 is 2.16 bits per heavy atom. The van der Waals surface area contributed by atoms with Gasteiger partial charge in [0.05, 0.1) is 25.1 Å². The monoisotopic (exact) mass is 790 g/mol. The van der Waals surface area contributed by atoms with E-state index in [4.69, 9.17) is 9.47 Å². The van der Waals surface area contributed by atoms with Gasteiger partial charge in [-0.05, 0) is 76.1 Å². The summed E-state index contributed by atoms with van der Waals surface area (Å²) in [6, 6.07) is 21.6. The molecule has 1 aliphatic rings. The minimum absolute atomic E-state index is 0.102. The van der Waals surface area contributed by atoms with Crippen molar-refractivity contribution in [1.29, 1.82) is 0 Å². The molecular weight excluding hydrogens is 741 g/mol. The van der Waals surface area contributed by atoms with Crippen molar-refractivity contribution in [2.45, 2.75) is 89.4 Å². The number of anilines is 1. The zero-order chi connectivity index (χ0) is 41.4. The van der Waals surface area contributed by atoms with Crippen molar-refractivity contribution in [3.63, 3.8) is 0 Å². The van der Waals surface area contributed by atoms with Crippen molar-refractivity contribution in [3.8, 4) is 0 Å². The van der Waals surface area contributed by atoms with Crippen LogP contribution in [0.3, 0.4) is 0 Å². The Morgan fingerprint density at radius 1 is 0.877 bits per heavy atom. The van der Waals surface area contributed by atoms with Gasteiger partial charge in [0.1, 0.15) is 23.2 Å². The Bertz CT molecular complexity index is 1990. The van der Waals surface area contributed by atoms with Crippen molar-refractivity contribution in [3.05, 3.63) is 120 Å². The molecule has 3 N–H and O–H groups in total. The minimum atomic E-state index is -4.44. The molecule has 1 aliphatic heterocycles. The molecule has 0 bridgehead atoms. The standard InChI is InChI=1S/C42H49F3N6O6/c1-40(2,3)57-39(55)49-41(4,5)38(54)47-33(26-56-25-28-13-8-6-9-14-28)36(52)48-34-24-51(27-46-34)35(30-15-10-7-11-16-30)37(53)50-21-19-29(20-22-50)31-17-12-18-32(23-31)42(43,44)45/h6-18,23-24,27,29,33,35H,19-22,25-26H2,1-5H3,(H,47,54)(H,48,52)(H,49,55). The number of piperidine rings is 1. The van der Waals surface area contributed by atoms with Crippen molar-refractivity contribution >= 4 is 29.6 Å². The molecule has 3 aromatic carbocycles. The number of halogens is 3. The molecule has 0 saturated carbocycles.